The fourth-order valence-corrected chi connectivity index (χ4v) is 4.23. The summed E-state index contributed by atoms with van der Waals surface area (Å²) in [5.41, 5.74) is 4.49. The van der Waals surface area contributed by atoms with Gasteiger partial charge in [0.15, 0.2) is 0 Å². The van der Waals surface area contributed by atoms with Gasteiger partial charge >= 0.3 is 6.03 Å². The number of fused-ring (bicyclic) bond motifs is 1. The Morgan fingerprint density at radius 2 is 1.97 bits per heavy atom. The molecule has 2 aromatic carbocycles. The van der Waals surface area contributed by atoms with Gasteiger partial charge in [0.05, 0.1) is 29.6 Å². The van der Waals surface area contributed by atoms with Gasteiger partial charge in [0, 0.05) is 31.0 Å². The second-order valence-electron chi connectivity index (χ2n) is 7.86. The zero-order chi connectivity index (χ0) is 21.8. The van der Waals surface area contributed by atoms with Crippen molar-refractivity contribution in [2.75, 3.05) is 16.8 Å². The first kappa shape index (κ1) is 20.4. The maximum atomic E-state index is 13.3. The predicted octanol–water partition coefficient (Wildman–Crippen LogP) is 4.96. The van der Waals surface area contributed by atoms with Crippen LogP contribution >= 0.6 is 0 Å². The van der Waals surface area contributed by atoms with E-state index >= 15 is 0 Å². The Bertz CT molecular complexity index is 1090. The van der Waals surface area contributed by atoms with Gasteiger partial charge in [-0.1, -0.05) is 36.4 Å². The molecule has 0 aliphatic carbocycles. The normalized spacial score (nSPS) is 18.0. The Labute approximate surface area is 182 Å². The van der Waals surface area contributed by atoms with Crippen LogP contribution in [-0.2, 0) is 6.54 Å². The molecule has 0 radical (unpaired) electrons. The van der Waals surface area contributed by atoms with Crippen molar-refractivity contribution in [2.24, 2.45) is 0 Å². The van der Waals surface area contributed by atoms with E-state index in [-0.39, 0.29) is 18.1 Å². The predicted molar refractivity (Wildman–Crippen MR) is 122 cm³/mol. The number of nitriles is 1. The average molecular weight is 412 g/mol. The largest absolute Gasteiger partial charge is 0.365 e. The van der Waals surface area contributed by atoms with Crippen LogP contribution in [0.25, 0.3) is 0 Å². The zero-order valence-electron chi connectivity index (χ0n) is 17.7. The number of anilines is 2. The highest BCUT2D eigenvalue weighted by atomic mass is 16.2. The molecule has 0 spiro atoms. The Morgan fingerprint density at radius 1 is 1.16 bits per heavy atom. The minimum Gasteiger partial charge on any atom is -0.365 e. The van der Waals surface area contributed by atoms with Crippen LogP contribution in [0.3, 0.4) is 0 Å². The molecule has 0 unspecified atom stereocenters. The number of nitrogens with one attached hydrogen (secondary N) is 1. The first-order valence-corrected chi connectivity index (χ1v) is 10.4. The van der Waals surface area contributed by atoms with E-state index in [0.29, 0.717) is 24.3 Å². The van der Waals surface area contributed by atoms with E-state index in [1.54, 1.807) is 18.5 Å². The average Bonchev–Trinajstić information content (AvgIpc) is 2.89. The molecule has 2 heterocycles. The summed E-state index contributed by atoms with van der Waals surface area (Å²) < 4.78 is 0. The molecule has 0 bridgehead atoms. The summed E-state index contributed by atoms with van der Waals surface area (Å²) in [7, 11) is 0. The van der Waals surface area contributed by atoms with Crippen LogP contribution in [0.4, 0.5) is 16.2 Å². The molecule has 1 N–H and O–H groups in total. The lowest BCUT2D eigenvalue weighted by molar-refractivity contribution is 0.172. The number of aromatic nitrogens is 1. The van der Waals surface area contributed by atoms with Gasteiger partial charge in [0.2, 0.25) is 0 Å². The van der Waals surface area contributed by atoms with Crippen molar-refractivity contribution in [3.8, 4) is 6.07 Å². The van der Waals surface area contributed by atoms with Gasteiger partial charge in [0.1, 0.15) is 0 Å². The number of carbonyl (C=O) groups excluding carboxylic acids is 1. The number of rotatable bonds is 3. The monoisotopic (exact) mass is 411 g/mol. The van der Waals surface area contributed by atoms with Crippen LogP contribution < -0.4 is 10.2 Å². The molecule has 6 nitrogen and oxygen atoms in total. The van der Waals surface area contributed by atoms with Crippen LogP contribution in [0.2, 0.25) is 0 Å². The van der Waals surface area contributed by atoms with Crippen molar-refractivity contribution >= 4 is 17.4 Å². The summed E-state index contributed by atoms with van der Waals surface area (Å²) in [4.78, 5) is 21.5. The Hall–Kier alpha value is -3.85. The van der Waals surface area contributed by atoms with E-state index in [1.807, 2.05) is 54.3 Å². The van der Waals surface area contributed by atoms with E-state index < -0.39 is 0 Å². The third-order valence-electron chi connectivity index (χ3n) is 5.69. The molecule has 2 amide bonds. The van der Waals surface area contributed by atoms with Gasteiger partial charge in [-0.05, 0) is 49.2 Å². The molecule has 1 aliphatic rings. The van der Waals surface area contributed by atoms with Gasteiger partial charge in [-0.15, -0.1) is 0 Å². The number of amides is 2. The van der Waals surface area contributed by atoms with Gasteiger partial charge < -0.3 is 15.1 Å². The minimum atomic E-state index is -0.162. The Balaban J connectivity index is 1.70. The van der Waals surface area contributed by atoms with Crippen LogP contribution in [-0.4, -0.2) is 28.5 Å². The fourth-order valence-electron chi connectivity index (χ4n) is 4.23. The van der Waals surface area contributed by atoms with Crippen molar-refractivity contribution in [1.82, 2.24) is 9.88 Å². The molecular formula is C25H25N5O. The van der Waals surface area contributed by atoms with E-state index in [2.05, 4.69) is 40.3 Å². The fraction of sp³-hybridized carbons (Fsp3) is 0.240. The van der Waals surface area contributed by atoms with E-state index in [4.69, 9.17) is 0 Å². The number of hydrogen-bond donors (Lipinski definition) is 1. The zero-order valence-corrected chi connectivity index (χ0v) is 17.7. The SMILES string of the molecule is C[C@@H]1CN(Cc2ccccc2)c2cc(C#N)ccc2[C@H](C)N1C(=O)Nc1cccnc1. The lowest BCUT2D eigenvalue weighted by Crippen LogP contribution is -2.46. The summed E-state index contributed by atoms with van der Waals surface area (Å²) >= 11 is 0. The van der Waals surface area contributed by atoms with Crippen molar-refractivity contribution in [3.63, 3.8) is 0 Å². The molecule has 156 valence electrons. The molecule has 0 fully saturated rings. The van der Waals surface area contributed by atoms with Crippen LogP contribution in [0.15, 0.2) is 73.1 Å². The highest BCUT2D eigenvalue weighted by Crippen LogP contribution is 2.37. The van der Waals surface area contributed by atoms with Crippen molar-refractivity contribution < 1.29 is 4.79 Å². The Morgan fingerprint density at radius 3 is 2.68 bits per heavy atom. The molecule has 1 aliphatic heterocycles. The molecular weight excluding hydrogens is 386 g/mol. The molecule has 31 heavy (non-hydrogen) atoms. The van der Waals surface area contributed by atoms with Crippen LogP contribution in [0, 0.1) is 11.3 Å². The summed E-state index contributed by atoms with van der Waals surface area (Å²) in [6.07, 6.45) is 3.32. The van der Waals surface area contributed by atoms with Crippen molar-refractivity contribution in [3.05, 3.63) is 89.7 Å². The topological polar surface area (TPSA) is 72.3 Å². The quantitative estimate of drug-likeness (QED) is 0.661. The first-order valence-electron chi connectivity index (χ1n) is 10.4. The number of urea groups is 1. The summed E-state index contributed by atoms with van der Waals surface area (Å²) in [5.74, 6) is 0. The number of carbonyl (C=O) groups is 1. The number of benzene rings is 2. The first-order chi connectivity index (χ1) is 15.1. The maximum Gasteiger partial charge on any atom is 0.322 e. The highest BCUT2D eigenvalue weighted by Gasteiger charge is 2.34. The van der Waals surface area contributed by atoms with Gasteiger partial charge in [-0.3, -0.25) is 4.98 Å². The molecule has 6 heteroatoms. The molecule has 0 saturated heterocycles. The van der Waals surface area contributed by atoms with Gasteiger partial charge in [-0.2, -0.15) is 5.26 Å². The summed E-state index contributed by atoms with van der Waals surface area (Å²) in [5, 5.41) is 12.4. The van der Waals surface area contributed by atoms with E-state index in [0.717, 1.165) is 11.3 Å². The second kappa shape index (κ2) is 8.88. The Kier molecular flexibility index (Phi) is 5.85. The number of nitrogens with zero attached hydrogens (tertiary/aromatic N) is 4. The van der Waals surface area contributed by atoms with Gasteiger partial charge in [0.25, 0.3) is 0 Å². The van der Waals surface area contributed by atoms with E-state index in [9.17, 15) is 10.1 Å². The number of hydrogen-bond acceptors (Lipinski definition) is 4. The lowest BCUT2D eigenvalue weighted by Gasteiger charge is -2.33. The van der Waals surface area contributed by atoms with Crippen molar-refractivity contribution in [1.29, 1.82) is 5.26 Å². The van der Waals surface area contributed by atoms with Crippen LogP contribution in [0.5, 0.6) is 0 Å². The third-order valence-corrected chi connectivity index (χ3v) is 5.69. The van der Waals surface area contributed by atoms with Crippen molar-refractivity contribution in [2.45, 2.75) is 32.5 Å². The summed E-state index contributed by atoms with van der Waals surface area (Å²) in [6, 6.07) is 21.5. The smallest absolute Gasteiger partial charge is 0.322 e. The molecule has 3 aromatic rings. The highest BCUT2D eigenvalue weighted by molar-refractivity contribution is 5.90. The van der Waals surface area contributed by atoms with E-state index in [1.165, 1.54) is 5.56 Å². The molecule has 4 rings (SSSR count). The molecule has 0 saturated carbocycles. The van der Waals surface area contributed by atoms with Crippen LogP contribution in [0.1, 0.15) is 36.6 Å². The van der Waals surface area contributed by atoms with Gasteiger partial charge in [-0.25, -0.2) is 4.79 Å². The number of pyridine rings is 1. The minimum absolute atomic E-state index is 0.0479. The second-order valence-corrected chi connectivity index (χ2v) is 7.86. The molecule has 2 atom stereocenters. The summed E-state index contributed by atoms with van der Waals surface area (Å²) in [6.45, 7) is 5.46. The maximum absolute atomic E-state index is 13.3. The molecule has 1 aromatic heterocycles. The standard InChI is InChI=1S/C25H25N5O/c1-18-16-29(17-20-7-4-3-5-8-20)24-13-21(14-26)10-11-23(24)19(2)30(18)25(31)28-22-9-6-12-27-15-22/h3-13,15,18-19H,16-17H2,1-2H3,(H,28,31)/t18-,19+/m1/s1. The lowest BCUT2D eigenvalue weighted by atomic mass is 10.0. The third kappa shape index (κ3) is 4.36.